The number of nitrogens with one attached hydrogen (secondary N) is 1. The number of pyridine rings is 1. The fraction of sp³-hybridized carbons (Fsp3) is 0. The van der Waals surface area contributed by atoms with E-state index in [4.69, 9.17) is 11.6 Å². The molecule has 0 spiro atoms. The molecule has 0 saturated heterocycles. The van der Waals surface area contributed by atoms with E-state index >= 15 is 0 Å². The molecule has 0 bridgehead atoms. The quantitative estimate of drug-likeness (QED) is 0.0380. The number of hydrogen-bond donors (Lipinski definition) is 7. The molecular formula is C26H14ClF2N9NaO13S3. The Morgan fingerprint density at radius 1 is 0.836 bits per heavy atom. The van der Waals surface area contributed by atoms with E-state index in [2.05, 4.69) is 35.4 Å². The van der Waals surface area contributed by atoms with Gasteiger partial charge >= 0.3 is 5.97 Å². The molecule has 3 aromatic heterocycles. The van der Waals surface area contributed by atoms with Crippen LogP contribution in [0.15, 0.2) is 72.4 Å². The minimum absolute atomic E-state index is 0. The average molecular weight is 853 g/mol. The minimum Gasteiger partial charge on any atom is -0.493 e. The van der Waals surface area contributed by atoms with Crippen LogP contribution in [-0.4, -0.2) is 120 Å². The van der Waals surface area contributed by atoms with Crippen LogP contribution in [0.5, 0.6) is 11.8 Å². The normalized spacial score (nSPS) is 12.8. The number of nitrogens with zero attached hydrogens (tertiary/aromatic N) is 8. The summed E-state index contributed by atoms with van der Waals surface area (Å²) in [5, 5.41) is 41.7. The number of H-pyrrole nitrogens is 1. The maximum absolute atomic E-state index is 14.0. The van der Waals surface area contributed by atoms with Crippen LogP contribution in [0, 0.1) is 12.0 Å². The van der Waals surface area contributed by atoms with Crippen LogP contribution in [0.1, 0.15) is 10.4 Å². The Morgan fingerprint density at radius 2 is 1.49 bits per heavy atom. The number of fused-ring (bicyclic) bond motifs is 3. The number of rotatable bonds is 8. The first-order chi connectivity index (χ1) is 25.0. The van der Waals surface area contributed by atoms with Crippen LogP contribution in [0.3, 0.4) is 0 Å². The largest absolute Gasteiger partial charge is 0.493 e. The number of aromatic hydroxyl groups is 2. The van der Waals surface area contributed by atoms with Crippen LogP contribution in [0.25, 0.3) is 27.5 Å². The van der Waals surface area contributed by atoms with Gasteiger partial charge in [-0.1, -0.05) is 11.6 Å². The monoisotopic (exact) mass is 852 g/mol. The van der Waals surface area contributed by atoms with Crippen molar-refractivity contribution < 1.29 is 67.8 Å². The molecule has 1 radical (unpaired) electrons. The van der Waals surface area contributed by atoms with Crippen LogP contribution in [-0.2, 0) is 30.4 Å². The summed E-state index contributed by atoms with van der Waals surface area (Å²) in [4.78, 5) is 20.7. The smallest absolute Gasteiger partial charge is 0.338 e. The molecule has 0 amide bonds. The van der Waals surface area contributed by atoms with Gasteiger partial charge in [0, 0.05) is 46.4 Å². The first-order valence-corrected chi connectivity index (χ1v) is 18.4. The molecule has 6 rings (SSSR count). The maximum atomic E-state index is 14.0. The van der Waals surface area contributed by atoms with Crippen LogP contribution >= 0.6 is 11.6 Å². The van der Waals surface area contributed by atoms with Crippen molar-refractivity contribution in [2.45, 2.75) is 14.7 Å². The van der Waals surface area contributed by atoms with Gasteiger partial charge in [0.05, 0.1) is 16.9 Å². The summed E-state index contributed by atoms with van der Waals surface area (Å²) in [5.41, 5.74) is -5.00. The van der Waals surface area contributed by atoms with Crippen molar-refractivity contribution in [2.24, 2.45) is 15.2 Å². The number of halogens is 3. The van der Waals surface area contributed by atoms with Crippen LogP contribution in [0.2, 0.25) is 5.02 Å². The van der Waals surface area contributed by atoms with Gasteiger partial charge in [0.25, 0.3) is 36.4 Å². The van der Waals surface area contributed by atoms with Gasteiger partial charge in [0.2, 0.25) is 17.7 Å². The zero-order valence-corrected chi connectivity index (χ0v) is 31.7. The predicted molar refractivity (Wildman–Crippen MR) is 179 cm³/mol. The number of carboxylic acids is 1. The van der Waals surface area contributed by atoms with Crippen LogP contribution in [0.4, 0.5) is 25.8 Å². The van der Waals surface area contributed by atoms with Crippen molar-refractivity contribution in [3.05, 3.63) is 70.6 Å². The summed E-state index contributed by atoms with van der Waals surface area (Å²) < 4.78 is 133. The molecule has 55 heavy (non-hydrogen) atoms. The Hall–Kier alpha value is -5.10. The molecule has 3 aromatic carbocycles. The standard InChI is InChI=1S/C26H14ClF2N9O13S3.Na/c27-19-22(28)32-26(29)33-23(19)30-8-3-10-14(52(43,44)45)7-13-21(18(10)16(4-8)54(49,50)51)37-38(36-13)9-1-2-12(15(5-9)53(46,47)48)34-35-20-11(25(41)42)6-17(39)31-24(20)40;/h1-7H,(H,41,42)(H,30,32,33)(H2,31,39,40)(H,43,44,45)(H,46,47,48)(H,49,50,51);. The molecule has 0 aliphatic carbocycles. The summed E-state index contributed by atoms with van der Waals surface area (Å²) in [7, 11) is -15.9. The van der Waals surface area contributed by atoms with Gasteiger partial charge < -0.3 is 15.3 Å². The van der Waals surface area contributed by atoms with Crippen molar-refractivity contribution in [1.29, 1.82) is 0 Å². The molecule has 0 aliphatic rings. The minimum atomic E-state index is -5.38. The van der Waals surface area contributed by atoms with E-state index in [0.29, 0.717) is 29.1 Å². The van der Waals surface area contributed by atoms with E-state index in [1.807, 2.05) is 4.98 Å². The molecule has 0 aliphatic heterocycles. The number of hydrogen-bond acceptors (Lipinski definition) is 16. The summed E-state index contributed by atoms with van der Waals surface area (Å²) in [6.45, 7) is 0. The van der Waals surface area contributed by atoms with E-state index in [-0.39, 0.29) is 35.2 Å². The molecule has 29 heteroatoms. The van der Waals surface area contributed by atoms with Crippen LogP contribution < -0.4 is 5.49 Å². The van der Waals surface area contributed by atoms with E-state index in [1.165, 1.54) is 0 Å². The van der Waals surface area contributed by atoms with E-state index in [1.54, 1.807) is 0 Å². The SMILES string of the molecule is O=C(O)c1cc(O)nc(O)c1N=Nc1ccc(-n2nc3cc(S(=O)(=O)O)c4cc(N=c5[nH]c(F)nc(F)c5Cl)cc(S(=O)(=O)O)c4c3n2)cc1S(=O)(=O)O.[Na]. The number of carboxylic acid groups (broad SMARTS) is 1. The second-order valence-electron chi connectivity index (χ2n) is 10.5. The zero-order chi connectivity index (χ0) is 39.7. The Labute approximate surface area is 330 Å². The van der Waals surface area contributed by atoms with Gasteiger partial charge in [0.1, 0.15) is 36.4 Å². The Kier molecular flexibility index (Phi) is 10.8. The van der Waals surface area contributed by atoms with Crippen molar-refractivity contribution in [1.82, 2.24) is 29.9 Å². The second-order valence-corrected chi connectivity index (χ2v) is 15.0. The Morgan fingerprint density at radius 3 is 2.11 bits per heavy atom. The molecule has 22 nitrogen and oxygen atoms in total. The third-order valence-corrected chi connectivity index (χ3v) is 9.99. The third kappa shape index (κ3) is 8.15. The number of carbonyl (C=O) groups is 1. The molecule has 0 unspecified atom stereocenters. The van der Waals surface area contributed by atoms with E-state index < -0.39 is 130 Å². The number of benzene rings is 3. The number of aromatic amines is 1. The topological polar surface area (TPSA) is 350 Å². The van der Waals surface area contributed by atoms with Crippen molar-refractivity contribution in [2.75, 3.05) is 0 Å². The fourth-order valence-corrected chi connectivity index (χ4v) is 7.05. The second kappa shape index (κ2) is 14.5. The van der Waals surface area contributed by atoms with Gasteiger partial charge in [-0.25, -0.2) is 9.79 Å². The van der Waals surface area contributed by atoms with E-state index in [0.717, 1.165) is 18.2 Å². The van der Waals surface area contributed by atoms with Crippen molar-refractivity contribution in [3.8, 4) is 17.4 Å². The van der Waals surface area contributed by atoms with Gasteiger partial charge in [-0.05, 0) is 36.4 Å². The van der Waals surface area contributed by atoms with Crippen molar-refractivity contribution in [3.63, 3.8) is 0 Å². The average Bonchev–Trinajstić information content (AvgIpc) is 3.48. The summed E-state index contributed by atoms with van der Waals surface area (Å²) in [5.74, 6) is -5.25. The van der Waals surface area contributed by atoms with Gasteiger partial charge in [-0.2, -0.15) is 48.8 Å². The van der Waals surface area contributed by atoms with Gasteiger partial charge in [-0.3, -0.25) is 18.6 Å². The molecule has 0 atom stereocenters. The molecule has 6 aromatic rings. The summed E-state index contributed by atoms with van der Waals surface area (Å²) >= 11 is 5.77. The maximum Gasteiger partial charge on any atom is 0.338 e. The molecule has 0 saturated carbocycles. The van der Waals surface area contributed by atoms with Crippen molar-refractivity contribution >= 4 is 116 Å². The summed E-state index contributed by atoms with van der Waals surface area (Å²) in [6, 6.07) is 5.35. The number of azo groups is 1. The first kappa shape index (κ1) is 41.1. The predicted octanol–water partition coefficient (Wildman–Crippen LogP) is 2.74. The Balaban J connectivity index is 0.00000580. The fourth-order valence-electron chi connectivity index (χ4n) is 4.84. The molecular weight excluding hydrogens is 839 g/mol. The summed E-state index contributed by atoms with van der Waals surface area (Å²) in [6.07, 6.45) is -1.52. The third-order valence-electron chi connectivity index (χ3n) is 7.00. The molecule has 7 N–H and O–H groups in total. The molecule has 281 valence electrons. The van der Waals surface area contributed by atoms with Gasteiger partial charge in [-0.15, -0.1) is 20.4 Å². The first-order valence-electron chi connectivity index (χ1n) is 13.7. The molecule has 0 fully saturated rings. The zero-order valence-electron chi connectivity index (χ0n) is 26.5. The molecule has 3 heterocycles. The Bertz CT molecular complexity index is 3090. The van der Waals surface area contributed by atoms with Gasteiger partial charge in [0.15, 0.2) is 11.2 Å². The number of aromatic carboxylic acids is 1. The van der Waals surface area contributed by atoms with E-state index in [9.17, 15) is 67.8 Å². The number of aromatic nitrogens is 6.